The summed E-state index contributed by atoms with van der Waals surface area (Å²) in [7, 11) is 0. The van der Waals surface area contributed by atoms with Crippen LogP contribution in [0.5, 0.6) is 0 Å². The number of nitrogens with one attached hydrogen (secondary N) is 1. The van der Waals surface area contributed by atoms with Gasteiger partial charge in [0.1, 0.15) is 5.82 Å². The van der Waals surface area contributed by atoms with Crippen molar-refractivity contribution in [3.63, 3.8) is 0 Å². The molecule has 1 aromatic carbocycles. The molecule has 0 amide bonds. The van der Waals surface area contributed by atoms with Gasteiger partial charge in [0.05, 0.1) is 6.04 Å². The molecule has 19 heavy (non-hydrogen) atoms. The lowest BCUT2D eigenvalue weighted by Crippen LogP contribution is -2.29. The van der Waals surface area contributed by atoms with Gasteiger partial charge in [0, 0.05) is 16.3 Å². The van der Waals surface area contributed by atoms with E-state index in [9.17, 15) is 4.39 Å². The average Bonchev–Trinajstić information content (AvgIpc) is 2.75. The molecule has 2 heterocycles. The Morgan fingerprint density at radius 1 is 1.32 bits per heavy atom. The van der Waals surface area contributed by atoms with Gasteiger partial charge in [-0.1, -0.05) is 19.1 Å². The average molecular weight is 275 g/mol. The second-order valence-corrected chi connectivity index (χ2v) is 6.28. The smallest absolute Gasteiger partial charge is 0.123 e. The van der Waals surface area contributed by atoms with Crippen molar-refractivity contribution in [1.82, 2.24) is 5.32 Å². The molecule has 0 spiro atoms. The molecule has 100 valence electrons. The molecule has 0 saturated carbocycles. The zero-order chi connectivity index (χ0) is 13.4. The molecule has 0 bridgehead atoms. The first-order valence-corrected chi connectivity index (χ1v) is 7.62. The summed E-state index contributed by atoms with van der Waals surface area (Å²) in [6, 6.07) is 7.11. The number of halogens is 1. The molecule has 2 aromatic rings. The van der Waals surface area contributed by atoms with Crippen LogP contribution in [0.4, 0.5) is 4.39 Å². The fourth-order valence-corrected chi connectivity index (χ4v) is 4.38. The minimum atomic E-state index is -0.170. The van der Waals surface area contributed by atoms with Crippen LogP contribution in [-0.2, 0) is 12.8 Å². The van der Waals surface area contributed by atoms with Gasteiger partial charge in [0.2, 0.25) is 0 Å². The van der Waals surface area contributed by atoms with Crippen molar-refractivity contribution in [2.45, 2.75) is 32.7 Å². The van der Waals surface area contributed by atoms with E-state index in [1.807, 2.05) is 23.5 Å². The maximum absolute atomic E-state index is 13.1. The fourth-order valence-electron chi connectivity index (χ4n) is 2.98. The molecule has 1 aliphatic heterocycles. The molecular weight excluding hydrogens is 257 g/mol. The summed E-state index contributed by atoms with van der Waals surface area (Å²) in [4.78, 5) is 2.86. The number of hydrogen-bond donors (Lipinski definition) is 1. The van der Waals surface area contributed by atoms with E-state index in [0.717, 1.165) is 24.9 Å². The zero-order valence-electron chi connectivity index (χ0n) is 11.3. The Morgan fingerprint density at radius 3 is 2.74 bits per heavy atom. The number of hydrogen-bond acceptors (Lipinski definition) is 2. The summed E-state index contributed by atoms with van der Waals surface area (Å²) >= 11 is 1.89. The Hall–Kier alpha value is -1.19. The molecule has 0 fully saturated rings. The Morgan fingerprint density at radius 2 is 2.05 bits per heavy atom. The highest BCUT2D eigenvalue weighted by Crippen LogP contribution is 2.38. The van der Waals surface area contributed by atoms with Crippen molar-refractivity contribution in [3.05, 3.63) is 56.5 Å². The van der Waals surface area contributed by atoms with E-state index in [0.29, 0.717) is 0 Å². The molecular formula is C16H18FNS. The van der Waals surface area contributed by atoms with Crippen LogP contribution < -0.4 is 5.32 Å². The third kappa shape index (κ3) is 2.21. The number of rotatable bonds is 2. The van der Waals surface area contributed by atoms with Crippen LogP contribution in [0.3, 0.4) is 0 Å². The Balaban J connectivity index is 2.05. The number of thiophene rings is 1. The number of fused-ring (bicyclic) bond motifs is 1. The van der Waals surface area contributed by atoms with Gasteiger partial charge >= 0.3 is 0 Å². The third-order valence-electron chi connectivity index (χ3n) is 3.89. The van der Waals surface area contributed by atoms with Gasteiger partial charge in [-0.2, -0.15) is 0 Å². The van der Waals surface area contributed by atoms with Gasteiger partial charge in [-0.05, 0) is 48.6 Å². The highest BCUT2D eigenvalue weighted by atomic mass is 32.1. The van der Waals surface area contributed by atoms with Crippen LogP contribution in [0.2, 0.25) is 0 Å². The quantitative estimate of drug-likeness (QED) is 0.873. The van der Waals surface area contributed by atoms with Gasteiger partial charge < -0.3 is 5.32 Å². The number of benzene rings is 1. The molecule has 1 aliphatic rings. The standard InChI is InChI=1S/C16H18FNS/c1-3-13-10(2)19-16-14(13)8-9-18-15(16)11-4-6-12(17)7-5-11/h4-7,15,18H,3,8-9H2,1-2H3. The molecule has 1 N–H and O–H groups in total. The lowest BCUT2D eigenvalue weighted by Gasteiger charge is -2.25. The van der Waals surface area contributed by atoms with E-state index in [4.69, 9.17) is 0 Å². The fraction of sp³-hybridized carbons (Fsp3) is 0.375. The molecule has 0 saturated heterocycles. The van der Waals surface area contributed by atoms with Crippen molar-refractivity contribution >= 4 is 11.3 Å². The van der Waals surface area contributed by atoms with Crippen LogP contribution in [-0.4, -0.2) is 6.54 Å². The summed E-state index contributed by atoms with van der Waals surface area (Å²) in [5.41, 5.74) is 4.21. The van der Waals surface area contributed by atoms with Gasteiger partial charge in [-0.3, -0.25) is 0 Å². The van der Waals surface area contributed by atoms with E-state index >= 15 is 0 Å². The lowest BCUT2D eigenvalue weighted by atomic mass is 9.93. The highest BCUT2D eigenvalue weighted by molar-refractivity contribution is 7.12. The van der Waals surface area contributed by atoms with Crippen LogP contribution in [0, 0.1) is 12.7 Å². The van der Waals surface area contributed by atoms with Crippen molar-refractivity contribution in [2.75, 3.05) is 6.54 Å². The van der Waals surface area contributed by atoms with Gasteiger partial charge in [-0.25, -0.2) is 4.39 Å². The topological polar surface area (TPSA) is 12.0 Å². The van der Waals surface area contributed by atoms with Crippen molar-refractivity contribution in [1.29, 1.82) is 0 Å². The van der Waals surface area contributed by atoms with E-state index in [1.54, 1.807) is 12.1 Å². The second-order valence-electron chi connectivity index (χ2n) is 5.02. The van der Waals surface area contributed by atoms with Crippen molar-refractivity contribution < 1.29 is 4.39 Å². The molecule has 3 heteroatoms. The predicted octanol–water partition coefficient (Wildman–Crippen LogP) is 3.99. The van der Waals surface area contributed by atoms with Gasteiger partial charge in [0.25, 0.3) is 0 Å². The molecule has 1 atom stereocenters. The summed E-state index contributed by atoms with van der Waals surface area (Å²) < 4.78 is 13.1. The summed E-state index contributed by atoms with van der Waals surface area (Å²) in [6.07, 6.45) is 2.22. The first kappa shape index (κ1) is 12.8. The predicted molar refractivity (Wildman–Crippen MR) is 78.4 cm³/mol. The Kier molecular flexibility index (Phi) is 3.42. The van der Waals surface area contributed by atoms with Crippen LogP contribution >= 0.6 is 11.3 Å². The van der Waals surface area contributed by atoms with Crippen molar-refractivity contribution in [2.24, 2.45) is 0 Å². The summed E-state index contributed by atoms with van der Waals surface area (Å²) in [5, 5.41) is 3.56. The molecule has 1 unspecified atom stereocenters. The minimum absolute atomic E-state index is 0.170. The van der Waals surface area contributed by atoms with Gasteiger partial charge in [0.15, 0.2) is 0 Å². The Labute approximate surface area is 117 Å². The van der Waals surface area contributed by atoms with Crippen LogP contribution in [0.25, 0.3) is 0 Å². The minimum Gasteiger partial charge on any atom is -0.305 e. The second kappa shape index (κ2) is 5.06. The van der Waals surface area contributed by atoms with E-state index < -0.39 is 0 Å². The maximum atomic E-state index is 13.1. The summed E-state index contributed by atoms with van der Waals surface area (Å²) in [5.74, 6) is -0.170. The third-order valence-corrected chi connectivity index (χ3v) is 5.15. The molecule has 3 rings (SSSR count). The van der Waals surface area contributed by atoms with Crippen LogP contribution in [0.1, 0.15) is 39.4 Å². The highest BCUT2D eigenvalue weighted by Gasteiger charge is 2.26. The van der Waals surface area contributed by atoms with Gasteiger partial charge in [-0.15, -0.1) is 11.3 Å². The SMILES string of the molecule is CCc1c(C)sc2c1CCNC2c1ccc(F)cc1. The zero-order valence-corrected chi connectivity index (χ0v) is 12.1. The molecule has 1 nitrogen and oxygen atoms in total. The van der Waals surface area contributed by atoms with E-state index in [2.05, 4.69) is 19.2 Å². The summed E-state index contributed by atoms with van der Waals surface area (Å²) in [6.45, 7) is 5.44. The first-order valence-electron chi connectivity index (χ1n) is 6.80. The Bertz CT molecular complexity index is 586. The largest absolute Gasteiger partial charge is 0.305 e. The van der Waals surface area contributed by atoms with Crippen LogP contribution in [0.15, 0.2) is 24.3 Å². The first-order chi connectivity index (χ1) is 9.20. The lowest BCUT2D eigenvalue weighted by molar-refractivity contribution is 0.573. The molecule has 0 radical (unpaired) electrons. The van der Waals surface area contributed by atoms with E-state index in [-0.39, 0.29) is 11.9 Å². The molecule has 1 aromatic heterocycles. The van der Waals surface area contributed by atoms with E-state index in [1.165, 1.54) is 20.9 Å². The maximum Gasteiger partial charge on any atom is 0.123 e. The monoisotopic (exact) mass is 275 g/mol. The number of aryl methyl sites for hydroxylation is 1. The van der Waals surface area contributed by atoms with Crippen molar-refractivity contribution in [3.8, 4) is 0 Å². The molecule has 0 aliphatic carbocycles. The normalized spacial score (nSPS) is 18.4.